The molecule has 9 heteroatoms. The predicted octanol–water partition coefficient (Wildman–Crippen LogP) is 4.36. The van der Waals surface area contributed by atoms with Gasteiger partial charge in [0.05, 0.1) is 0 Å². The first-order chi connectivity index (χ1) is 17.5. The van der Waals surface area contributed by atoms with Crippen molar-refractivity contribution in [2.75, 3.05) is 19.8 Å². The summed E-state index contributed by atoms with van der Waals surface area (Å²) in [6.45, 7) is 14.3. The largest absolute Gasteiger partial charge is 0.486 e. The Morgan fingerprint density at radius 3 is 1.81 bits per heavy atom. The molecule has 0 atom stereocenters. The Labute approximate surface area is 214 Å². The fourth-order valence-electron chi connectivity index (χ4n) is 2.61. The van der Waals surface area contributed by atoms with Gasteiger partial charge in [0.1, 0.15) is 19.0 Å². The highest BCUT2D eigenvalue weighted by atomic mass is 16.6. The quantitative estimate of drug-likeness (QED) is 0.179. The van der Waals surface area contributed by atoms with Gasteiger partial charge in [0.15, 0.2) is 18.1 Å². The molecule has 2 rings (SSSR count). The second-order valence-corrected chi connectivity index (χ2v) is 7.95. The molecule has 0 saturated carbocycles. The zero-order valence-electron chi connectivity index (χ0n) is 21.0. The second kappa shape index (κ2) is 13.4. The van der Waals surface area contributed by atoms with Crippen molar-refractivity contribution in [2.24, 2.45) is 0 Å². The van der Waals surface area contributed by atoms with E-state index in [2.05, 4.69) is 19.7 Å². The minimum absolute atomic E-state index is 0.0175. The van der Waals surface area contributed by atoms with Gasteiger partial charge >= 0.3 is 23.9 Å². The summed E-state index contributed by atoms with van der Waals surface area (Å²) in [7, 11) is 0. The standard InChI is InChI=1S/C28H28O9/c1-17(2)26(30)34-14-13-33-23-12-9-21(15-24(23)37-25(29)16-35-27(31)18(3)4)20-7-10-22(11-8-20)36-28(32)19(5)6/h7-12,15H,1,3,5,13-14,16H2,2,4,6H3. The van der Waals surface area contributed by atoms with Gasteiger partial charge in [0.2, 0.25) is 0 Å². The van der Waals surface area contributed by atoms with Crippen molar-refractivity contribution in [3.63, 3.8) is 0 Å². The van der Waals surface area contributed by atoms with Crippen LogP contribution in [0.4, 0.5) is 0 Å². The summed E-state index contributed by atoms with van der Waals surface area (Å²) in [4.78, 5) is 47.1. The van der Waals surface area contributed by atoms with Gasteiger partial charge in [-0.2, -0.15) is 0 Å². The molecule has 0 aliphatic carbocycles. The molecule has 0 radical (unpaired) electrons. The molecule has 0 N–H and O–H groups in total. The van der Waals surface area contributed by atoms with Crippen LogP contribution in [0.3, 0.4) is 0 Å². The van der Waals surface area contributed by atoms with E-state index in [1.807, 2.05) is 0 Å². The van der Waals surface area contributed by atoms with E-state index in [0.29, 0.717) is 11.3 Å². The van der Waals surface area contributed by atoms with Crippen LogP contribution >= 0.6 is 0 Å². The Morgan fingerprint density at radius 1 is 0.649 bits per heavy atom. The van der Waals surface area contributed by atoms with Crippen LogP contribution in [0.15, 0.2) is 78.9 Å². The van der Waals surface area contributed by atoms with Crippen LogP contribution in [0.2, 0.25) is 0 Å². The van der Waals surface area contributed by atoms with E-state index < -0.39 is 30.5 Å². The molecule has 0 aliphatic rings. The van der Waals surface area contributed by atoms with Crippen LogP contribution in [-0.2, 0) is 28.7 Å². The fourth-order valence-corrected chi connectivity index (χ4v) is 2.61. The molecule has 37 heavy (non-hydrogen) atoms. The number of benzene rings is 2. The van der Waals surface area contributed by atoms with Crippen LogP contribution in [0, 0.1) is 0 Å². The number of hydrogen-bond acceptors (Lipinski definition) is 9. The van der Waals surface area contributed by atoms with Gasteiger partial charge in [0.25, 0.3) is 0 Å². The minimum atomic E-state index is -0.840. The van der Waals surface area contributed by atoms with Gasteiger partial charge in [-0.3, -0.25) is 0 Å². The maximum atomic E-state index is 12.3. The molecule has 194 valence electrons. The third kappa shape index (κ3) is 9.14. The summed E-state index contributed by atoms with van der Waals surface area (Å²) < 4.78 is 26.1. The van der Waals surface area contributed by atoms with Gasteiger partial charge in [-0.05, 0) is 56.2 Å². The molecule has 0 bridgehead atoms. The van der Waals surface area contributed by atoms with Crippen LogP contribution in [0.1, 0.15) is 20.8 Å². The van der Waals surface area contributed by atoms with Crippen LogP contribution in [-0.4, -0.2) is 43.7 Å². The van der Waals surface area contributed by atoms with Crippen LogP contribution in [0.5, 0.6) is 17.2 Å². The number of esters is 4. The summed E-state index contributed by atoms with van der Waals surface area (Å²) in [5.74, 6) is -2.07. The lowest BCUT2D eigenvalue weighted by Crippen LogP contribution is -2.19. The van der Waals surface area contributed by atoms with E-state index in [1.54, 1.807) is 49.4 Å². The van der Waals surface area contributed by atoms with Crippen molar-refractivity contribution in [3.05, 3.63) is 78.9 Å². The van der Waals surface area contributed by atoms with Crippen LogP contribution in [0.25, 0.3) is 11.1 Å². The maximum absolute atomic E-state index is 12.3. The van der Waals surface area contributed by atoms with Crippen LogP contribution < -0.4 is 14.2 Å². The molecule has 0 heterocycles. The van der Waals surface area contributed by atoms with Crippen molar-refractivity contribution in [3.8, 4) is 28.4 Å². The molecular weight excluding hydrogens is 480 g/mol. The molecule has 0 fully saturated rings. The molecular formula is C28H28O9. The average Bonchev–Trinajstić information content (AvgIpc) is 2.85. The number of rotatable bonds is 12. The Morgan fingerprint density at radius 2 is 1.22 bits per heavy atom. The first-order valence-electron chi connectivity index (χ1n) is 11.1. The maximum Gasteiger partial charge on any atom is 0.349 e. The zero-order chi connectivity index (χ0) is 27.5. The van der Waals surface area contributed by atoms with Crippen molar-refractivity contribution in [1.29, 1.82) is 0 Å². The third-order valence-corrected chi connectivity index (χ3v) is 4.51. The predicted molar refractivity (Wildman–Crippen MR) is 135 cm³/mol. The number of ether oxygens (including phenoxy) is 5. The third-order valence-electron chi connectivity index (χ3n) is 4.51. The number of hydrogen-bond donors (Lipinski definition) is 0. The summed E-state index contributed by atoms with van der Waals surface area (Å²) in [5, 5.41) is 0. The van der Waals surface area contributed by atoms with Crippen molar-refractivity contribution >= 4 is 23.9 Å². The minimum Gasteiger partial charge on any atom is -0.486 e. The molecule has 0 unspecified atom stereocenters. The SMILES string of the molecule is C=C(C)C(=O)OCCOc1ccc(-c2ccc(OC(=O)C(=C)C)cc2)cc1OC(=O)COC(=O)C(=C)C. The van der Waals surface area contributed by atoms with Crippen molar-refractivity contribution < 1.29 is 42.9 Å². The van der Waals surface area contributed by atoms with Gasteiger partial charge < -0.3 is 23.7 Å². The summed E-state index contributed by atoms with van der Waals surface area (Å²) >= 11 is 0. The highest BCUT2D eigenvalue weighted by Crippen LogP contribution is 2.33. The van der Waals surface area contributed by atoms with E-state index in [9.17, 15) is 19.2 Å². The molecule has 0 amide bonds. The first kappa shape index (κ1) is 28.6. The normalized spacial score (nSPS) is 10.0. The van der Waals surface area contributed by atoms with Crippen molar-refractivity contribution in [1.82, 2.24) is 0 Å². The molecule has 9 nitrogen and oxygen atoms in total. The van der Waals surface area contributed by atoms with E-state index in [1.165, 1.54) is 13.8 Å². The monoisotopic (exact) mass is 508 g/mol. The lowest BCUT2D eigenvalue weighted by atomic mass is 10.0. The summed E-state index contributed by atoms with van der Waals surface area (Å²) in [5.41, 5.74) is 2.04. The highest BCUT2D eigenvalue weighted by molar-refractivity contribution is 5.89. The molecule has 2 aromatic carbocycles. The van der Waals surface area contributed by atoms with E-state index in [-0.39, 0.29) is 41.4 Å². The molecule has 0 saturated heterocycles. The van der Waals surface area contributed by atoms with E-state index in [4.69, 9.17) is 23.7 Å². The van der Waals surface area contributed by atoms with Crippen molar-refractivity contribution in [2.45, 2.75) is 20.8 Å². The lowest BCUT2D eigenvalue weighted by molar-refractivity contribution is -0.150. The number of carbonyl (C=O) groups is 4. The lowest BCUT2D eigenvalue weighted by Gasteiger charge is -2.14. The summed E-state index contributed by atoms with van der Waals surface area (Å²) in [6.07, 6.45) is 0. The van der Waals surface area contributed by atoms with Gasteiger partial charge in [-0.25, -0.2) is 19.2 Å². The Hall–Kier alpha value is -4.66. The molecule has 0 spiro atoms. The molecule has 0 aromatic heterocycles. The van der Waals surface area contributed by atoms with E-state index >= 15 is 0 Å². The Bertz CT molecular complexity index is 1220. The van der Waals surface area contributed by atoms with Gasteiger partial charge in [0, 0.05) is 16.7 Å². The van der Waals surface area contributed by atoms with E-state index in [0.717, 1.165) is 5.56 Å². The zero-order valence-corrected chi connectivity index (χ0v) is 21.0. The first-order valence-corrected chi connectivity index (χ1v) is 11.1. The summed E-state index contributed by atoms with van der Waals surface area (Å²) in [6, 6.07) is 11.5. The number of carbonyl (C=O) groups excluding carboxylic acids is 4. The average molecular weight is 509 g/mol. The highest BCUT2D eigenvalue weighted by Gasteiger charge is 2.16. The smallest absolute Gasteiger partial charge is 0.349 e. The van der Waals surface area contributed by atoms with Gasteiger partial charge in [-0.1, -0.05) is 37.9 Å². The Kier molecular flexibility index (Phi) is 10.4. The topological polar surface area (TPSA) is 114 Å². The van der Waals surface area contributed by atoms with Gasteiger partial charge in [-0.15, -0.1) is 0 Å². The molecule has 2 aromatic rings. The second-order valence-electron chi connectivity index (χ2n) is 7.95. The molecule has 0 aliphatic heterocycles. The Balaban J connectivity index is 2.21. The fraction of sp³-hybridized carbons (Fsp3) is 0.214.